The summed E-state index contributed by atoms with van der Waals surface area (Å²) in [5.74, 6) is -2.68. The molecule has 0 saturated heterocycles. The summed E-state index contributed by atoms with van der Waals surface area (Å²) in [6, 6.07) is 7.67. The fraction of sp³-hybridized carbons (Fsp3) is 0.227. The van der Waals surface area contributed by atoms with E-state index < -0.39 is 50.4 Å². The molecule has 1 heterocycles. The number of benzene rings is 2. The monoisotopic (exact) mass is 513 g/mol. The second kappa shape index (κ2) is 9.49. The van der Waals surface area contributed by atoms with E-state index in [1.807, 2.05) is 0 Å². The predicted molar refractivity (Wildman–Crippen MR) is 117 cm³/mol. The fourth-order valence-corrected chi connectivity index (χ4v) is 3.79. The minimum Gasteiger partial charge on any atom is -0.494 e. The Balaban J connectivity index is 2.10. The summed E-state index contributed by atoms with van der Waals surface area (Å²) in [4.78, 5) is 13.0. The Morgan fingerprint density at radius 3 is 2.29 bits per heavy atom. The Morgan fingerprint density at radius 2 is 1.69 bits per heavy atom. The van der Waals surface area contributed by atoms with Crippen molar-refractivity contribution in [3.05, 3.63) is 64.6 Å². The number of nitrogens with zero attached hydrogens (tertiary/aromatic N) is 2. The number of anilines is 1. The highest BCUT2D eigenvalue weighted by molar-refractivity contribution is 7.90. The predicted octanol–water partition coefficient (Wildman–Crippen LogP) is 4.71. The number of rotatable bonds is 6. The molecule has 186 valence electrons. The Labute approximate surface area is 197 Å². The standard InChI is InChI=1S/C22H19F4N3O5S/c1-11-15(8-9-16(33-3)18(11)23)34-21-17(12(2)19(28-29-21)22(24,25)26)20(30)27-13-6-5-7-14(10-13)35(4,31)32/h5-10H,1-4H3,(H,27,30). The van der Waals surface area contributed by atoms with E-state index in [1.165, 1.54) is 44.4 Å². The molecule has 0 radical (unpaired) electrons. The van der Waals surface area contributed by atoms with E-state index in [9.17, 15) is 30.8 Å². The number of ether oxygens (including phenoxy) is 2. The lowest BCUT2D eigenvalue weighted by molar-refractivity contribution is -0.142. The van der Waals surface area contributed by atoms with Gasteiger partial charge in [-0.1, -0.05) is 6.07 Å². The third kappa shape index (κ3) is 5.50. The van der Waals surface area contributed by atoms with Crippen molar-refractivity contribution in [2.75, 3.05) is 18.7 Å². The summed E-state index contributed by atoms with van der Waals surface area (Å²) >= 11 is 0. The highest BCUT2D eigenvalue weighted by atomic mass is 32.2. The lowest BCUT2D eigenvalue weighted by atomic mass is 10.1. The molecule has 35 heavy (non-hydrogen) atoms. The molecular formula is C22H19F4N3O5S. The van der Waals surface area contributed by atoms with Crippen LogP contribution in [0.25, 0.3) is 0 Å². The van der Waals surface area contributed by atoms with Gasteiger partial charge in [-0.2, -0.15) is 13.2 Å². The van der Waals surface area contributed by atoms with Crippen LogP contribution < -0.4 is 14.8 Å². The minimum atomic E-state index is -4.93. The van der Waals surface area contributed by atoms with Crippen molar-refractivity contribution < 1.29 is 40.2 Å². The van der Waals surface area contributed by atoms with E-state index in [1.54, 1.807) is 0 Å². The summed E-state index contributed by atoms with van der Waals surface area (Å²) in [6.07, 6.45) is -3.97. The quantitative estimate of drug-likeness (QED) is 0.476. The summed E-state index contributed by atoms with van der Waals surface area (Å²) < 4.78 is 88.8. The van der Waals surface area contributed by atoms with E-state index in [0.29, 0.717) is 0 Å². The summed E-state index contributed by atoms with van der Waals surface area (Å²) in [5.41, 5.74) is -2.67. The van der Waals surface area contributed by atoms with Gasteiger partial charge in [-0.05, 0) is 49.7 Å². The molecule has 3 rings (SSSR count). The third-order valence-electron chi connectivity index (χ3n) is 4.93. The van der Waals surface area contributed by atoms with Crippen LogP contribution in [0.3, 0.4) is 0 Å². The minimum absolute atomic E-state index is 0.000295. The van der Waals surface area contributed by atoms with Gasteiger partial charge in [0.05, 0.1) is 12.0 Å². The second-order valence-electron chi connectivity index (χ2n) is 7.41. The molecule has 0 aliphatic heterocycles. The van der Waals surface area contributed by atoms with Crippen LogP contribution in [-0.4, -0.2) is 37.9 Å². The van der Waals surface area contributed by atoms with Crippen LogP contribution in [0.15, 0.2) is 41.3 Å². The highest BCUT2D eigenvalue weighted by Crippen LogP contribution is 2.37. The first-order valence-corrected chi connectivity index (χ1v) is 11.7. The van der Waals surface area contributed by atoms with Crippen LogP contribution >= 0.6 is 0 Å². The van der Waals surface area contributed by atoms with Crippen LogP contribution in [0.4, 0.5) is 23.2 Å². The molecule has 1 aromatic heterocycles. The van der Waals surface area contributed by atoms with Crippen molar-refractivity contribution in [3.8, 4) is 17.4 Å². The lowest BCUT2D eigenvalue weighted by Crippen LogP contribution is -2.21. The Hall–Kier alpha value is -3.74. The number of aromatic nitrogens is 2. The van der Waals surface area contributed by atoms with Crippen molar-refractivity contribution in [3.63, 3.8) is 0 Å². The Bertz CT molecular complexity index is 1410. The molecule has 0 aliphatic rings. The number of carbonyl (C=O) groups is 1. The van der Waals surface area contributed by atoms with Gasteiger partial charge in [0, 0.05) is 17.5 Å². The summed E-state index contributed by atoms with van der Waals surface area (Å²) in [7, 11) is -2.36. The summed E-state index contributed by atoms with van der Waals surface area (Å²) in [6.45, 7) is 2.35. The number of hydrogen-bond donors (Lipinski definition) is 1. The fourth-order valence-electron chi connectivity index (χ4n) is 3.12. The third-order valence-corrected chi connectivity index (χ3v) is 6.04. The highest BCUT2D eigenvalue weighted by Gasteiger charge is 2.38. The Kier molecular flexibility index (Phi) is 7.01. The maximum atomic E-state index is 14.4. The van der Waals surface area contributed by atoms with Gasteiger partial charge in [0.2, 0.25) is 0 Å². The van der Waals surface area contributed by atoms with Crippen molar-refractivity contribution in [2.45, 2.75) is 24.9 Å². The van der Waals surface area contributed by atoms with Gasteiger partial charge < -0.3 is 14.8 Å². The molecule has 0 saturated carbocycles. The number of methoxy groups -OCH3 is 1. The number of hydrogen-bond acceptors (Lipinski definition) is 7. The Morgan fingerprint density at radius 1 is 1.03 bits per heavy atom. The maximum absolute atomic E-state index is 14.4. The second-order valence-corrected chi connectivity index (χ2v) is 9.43. The topological polar surface area (TPSA) is 107 Å². The van der Waals surface area contributed by atoms with Crippen molar-refractivity contribution in [1.82, 2.24) is 10.2 Å². The van der Waals surface area contributed by atoms with Gasteiger partial charge in [-0.25, -0.2) is 12.8 Å². The smallest absolute Gasteiger partial charge is 0.435 e. The van der Waals surface area contributed by atoms with Crippen molar-refractivity contribution >= 4 is 21.4 Å². The van der Waals surface area contributed by atoms with Gasteiger partial charge in [-0.15, -0.1) is 10.2 Å². The molecule has 2 aromatic carbocycles. The van der Waals surface area contributed by atoms with Crippen molar-refractivity contribution in [2.24, 2.45) is 0 Å². The molecule has 8 nitrogen and oxygen atoms in total. The molecule has 13 heteroatoms. The first-order chi connectivity index (χ1) is 16.2. The zero-order chi connectivity index (χ0) is 26.1. The number of halogens is 4. The molecule has 0 bridgehead atoms. The van der Waals surface area contributed by atoms with Gasteiger partial charge in [0.25, 0.3) is 11.8 Å². The van der Waals surface area contributed by atoms with Gasteiger partial charge >= 0.3 is 6.18 Å². The molecule has 0 fully saturated rings. The zero-order valence-electron chi connectivity index (χ0n) is 18.8. The molecule has 3 aromatic rings. The number of alkyl halides is 3. The molecule has 0 aliphatic carbocycles. The van der Waals surface area contributed by atoms with Crippen LogP contribution in [0.2, 0.25) is 0 Å². The molecular weight excluding hydrogens is 494 g/mol. The number of amides is 1. The van der Waals surface area contributed by atoms with Crippen molar-refractivity contribution in [1.29, 1.82) is 0 Å². The van der Waals surface area contributed by atoms with E-state index in [2.05, 4.69) is 15.5 Å². The van der Waals surface area contributed by atoms with E-state index in [4.69, 9.17) is 9.47 Å². The molecule has 1 amide bonds. The number of nitrogens with one attached hydrogen (secondary N) is 1. The van der Waals surface area contributed by atoms with Gasteiger partial charge in [-0.3, -0.25) is 4.79 Å². The maximum Gasteiger partial charge on any atom is 0.435 e. The van der Waals surface area contributed by atoms with Gasteiger partial charge in [0.1, 0.15) is 11.3 Å². The normalized spacial score (nSPS) is 11.8. The van der Waals surface area contributed by atoms with Crippen LogP contribution in [-0.2, 0) is 16.0 Å². The zero-order valence-corrected chi connectivity index (χ0v) is 19.6. The van der Waals surface area contributed by atoms with Gasteiger partial charge in [0.15, 0.2) is 27.1 Å². The molecule has 1 N–H and O–H groups in total. The number of sulfone groups is 1. The van der Waals surface area contributed by atoms with Crippen LogP contribution in [0.1, 0.15) is 27.2 Å². The van der Waals surface area contributed by atoms with E-state index in [0.717, 1.165) is 19.2 Å². The van der Waals surface area contributed by atoms with Crippen LogP contribution in [0.5, 0.6) is 17.4 Å². The summed E-state index contributed by atoms with van der Waals surface area (Å²) in [5, 5.41) is 8.93. The average Bonchev–Trinajstić information content (AvgIpc) is 2.76. The van der Waals surface area contributed by atoms with E-state index in [-0.39, 0.29) is 27.6 Å². The molecule has 0 unspecified atom stereocenters. The first kappa shape index (κ1) is 25.9. The van der Waals surface area contributed by atoms with E-state index >= 15 is 0 Å². The average molecular weight is 513 g/mol. The largest absolute Gasteiger partial charge is 0.494 e. The molecule has 0 atom stereocenters. The molecule has 0 spiro atoms. The lowest BCUT2D eigenvalue weighted by Gasteiger charge is -2.17. The number of carbonyl (C=O) groups excluding carboxylic acids is 1. The van der Waals surface area contributed by atoms with Crippen LogP contribution in [0, 0.1) is 19.7 Å². The SMILES string of the molecule is COc1ccc(Oc2nnc(C(F)(F)F)c(C)c2C(=O)Nc2cccc(S(C)(=O)=O)c2)c(C)c1F. The first-order valence-electron chi connectivity index (χ1n) is 9.81.